The summed E-state index contributed by atoms with van der Waals surface area (Å²) in [6.45, 7) is 8.53. The van der Waals surface area contributed by atoms with Gasteiger partial charge in [0.05, 0.1) is 0 Å². The lowest BCUT2D eigenvalue weighted by Gasteiger charge is -2.26. The number of nitrogens with zero attached hydrogens (tertiary/aromatic N) is 2. The van der Waals surface area contributed by atoms with Crippen molar-refractivity contribution in [2.75, 3.05) is 18.5 Å². The first-order valence-corrected chi connectivity index (χ1v) is 8.01. The number of carbonyl (C=O) groups excluding carboxylic acids is 1. The smallest absolute Gasteiger partial charge is 0.322 e. The van der Waals surface area contributed by atoms with Gasteiger partial charge in [-0.2, -0.15) is 0 Å². The molecule has 0 spiro atoms. The van der Waals surface area contributed by atoms with Crippen LogP contribution in [0.4, 0.5) is 10.5 Å². The number of aliphatic hydroxyl groups is 1. The van der Waals surface area contributed by atoms with E-state index in [1.807, 2.05) is 39.8 Å². The SMILES string of the molecule is CC(C)c1nc2cc(NC(=O)N(CCCO)C(C)C)ccc2o1. The molecule has 0 atom stereocenters. The fourth-order valence-corrected chi connectivity index (χ4v) is 2.30. The Balaban J connectivity index is 2.14. The van der Waals surface area contributed by atoms with Gasteiger partial charge in [0.15, 0.2) is 11.5 Å². The van der Waals surface area contributed by atoms with Gasteiger partial charge in [-0.1, -0.05) is 13.8 Å². The molecule has 0 aliphatic heterocycles. The molecule has 0 fully saturated rings. The Kier molecular flexibility index (Phi) is 5.60. The van der Waals surface area contributed by atoms with E-state index in [2.05, 4.69) is 10.3 Å². The Morgan fingerprint density at radius 3 is 2.70 bits per heavy atom. The molecule has 0 saturated heterocycles. The molecule has 0 unspecified atom stereocenters. The van der Waals surface area contributed by atoms with Crippen molar-refractivity contribution < 1.29 is 14.3 Å². The normalized spacial score (nSPS) is 11.4. The van der Waals surface area contributed by atoms with Crippen LogP contribution in [-0.4, -0.2) is 40.2 Å². The van der Waals surface area contributed by atoms with Crippen LogP contribution in [0.3, 0.4) is 0 Å². The second-order valence-corrected chi connectivity index (χ2v) is 6.18. The molecule has 0 radical (unpaired) electrons. The van der Waals surface area contributed by atoms with Crippen molar-refractivity contribution in [2.45, 2.75) is 46.1 Å². The second-order valence-electron chi connectivity index (χ2n) is 6.18. The highest BCUT2D eigenvalue weighted by Gasteiger charge is 2.17. The maximum absolute atomic E-state index is 12.4. The molecular weight excluding hydrogens is 294 g/mol. The Labute approximate surface area is 136 Å². The van der Waals surface area contributed by atoms with Crippen LogP contribution < -0.4 is 5.32 Å². The third-order valence-corrected chi connectivity index (χ3v) is 3.59. The van der Waals surface area contributed by atoms with Crippen molar-refractivity contribution in [1.29, 1.82) is 0 Å². The minimum absolute atomic E-state index is 0.0601. The predicted molar refractivity (Wildman–Crippen MR) is 90.7 cm³/mol. The van der Waals surface area contributed by atoms with Crippen LogP contribution in [0.5, 0.6) is 0 Å². The summed E-state index contributed by atoms with van der Waals surface area (Å²) in [4.78, 5) is 18.5. The molecule has 1 aromatic heterocycles. The van der Waals surface area contributed by atoms with Crippen LogP contribution in [0, 0.1) is 0 Å². The lowest BCUT2D eigenvalue weighted by atomic mass is 10.2. The number of fused-ring (bicyclic) bond motifs is 1. The number of urea groups is 1. The molecule has 0 saturated carbocycles. The minimum Gasteiger partial charge on any atom is -0.440 e. The highest BCUT2D eigenvalue weighted by Crippen LogP contribution is 2.24. The van der Waals surface area contributed by atoms with E-state index in [4.69, 9.17) is 9.52 Å². The summed E-state index contributed by atoms with van der Waals surface area (Å²) in [6.07, 6.45) is 0.561. The number of benzene rings is 1. The number of amides is 2. The van der Waals surface area contributed by atoms with Crippen molar-refractivity contribution in [3.63, 3.8) is 0 Å². The zero-order valence-electron chi connectivity index (χ0n) is 14.2. The summed E-state index contributed by atoms with van der Waals surface area (Å²) in [7, 11) is 0. The van der Waals surface area contributed by atoms with Crippen LogP contribution in [-0.2, 0) is 0 Å². The Morgan fingerprint density at radius 1 is 1.35 bits per heavy atom. The summed E-state index contributed by atoms with van der Waals surface area (Å²) in [5, 5.41) is 11.8. The third kappa shape index (κ3) is 4.22. The number of nitrogens with one attached hydrogen (secondary N) is 1. The zero-order valence-corrected chi connectivity index (χ0v) is 14.2. The fourth-order valence-electron chi connectivity index (χ4n) is 2.30. The van der Waals surface area contributed by atoms with E-state index in [-0.39, 0.29) is 24.6 Å². The molecule has 0 aliphatic carbocycles. The van der Waals surface area contributed by atoms with Gasteiger partial charge in [-0.15, -0.1) is 0 Å². The quantitative estimate of drug-likeness (QED) is 0.853. The van der Waals surface area contributed by atoms with Gasteiger partial charge < -0.3 is 19.7 Å². The molecule has 126 valence electrons. The average Bonchev–Trinajstić information content (AvgIpc) is 2.90. The van der Waals surface area contributed by atoms with Gasteiger partial charge in [-0.25, -0.2) is 9.78 Å². The first-order valence-electron chi connectivity index (χ1n) is 8.01. The van der Waals surface area contributed by atoms with Crippen LogP contribution in [0.1, 0.15) is 45.9 Å². The second kappa shape index (κ2) is 7.46. The van der Waals surface area contributed by atoms with Crippen molar-refractivity contribution in [1.82, 2.24) is 9.88 Å². The molecule has 0 aliphatic rings. The first kappa shape index (κ1) is 17.3. The monoisotopic (exact) mass is 319 g/mol. The molecular formula is C17H25N3O3. The van der Waals surface area contributed by atoms with Gasteiger partial charge >= 0.3 is 6.03 Å². The molecule has 2 amide bonds. The van der Waals surface area contributed by atoms with Gasteiger partial charge in [-0.05, 0) is 38.5 Å². The molecule has 1 aromatic carbocycles. The number of anilines is 1. The number of rotatable bonds is 6. The van der Waals surface area contributed by atoms with Gasteiger partial charge in [0, 0.05) is 30.8 Å². The number of hydrogen-bond donors (Lipinski definition) is 2. The van der Waals surface area contributed by atoms with Gasteiger partial charge in [0.2, 0.25) is 0 Å². The molecule has 0 bridgehead atoms. The lowest BCUT2D eigenvalue weighted by Crippen LogP contribution is -2.40. The molecule has 23 heavy (non-hydrogen) atoms. The number of aromatic nitrogens is 1. The van der Waals surface area contributed by atoms with Crippen LogP contribution in [0.25, 0.3) is 11.1 Å². The van der Waals surface area contributed by atoms with Crippen molar-refractivity contribution in [3.8, 4) is 0 Å². The lowest BCUT2D eigenvalue weighted by molar-refractivity contribution is 0.186. The number of aliphatic hydroxyl groups excluding tert-OH is 1. The van der Waals surface area contributed by atoms with E-state index < -0.39 is 0 Å². The Bertz CT molecular complexity index is 664. The molecule has 2 N–H and O–H groups in total. The Morgan fingerprint density at radius 2 is 2.09 bits per heavy atom. The van der Waals surface area contributed by atoms with Crippen LogP contribution in [0.2, 0.25) is 0 Å². The van der Waals surface area contributed by atoms with E-state index in [1.54, 1.807) is 11.0 Å². The Hall–Kier alpha value is -2.08. The molecule has 6 heteroatoms. The summed E-state index contributed by atoms with van der Waals surface area (Å²) in [5.74, 6) is 0.908. The van der Waals surface area contributed by atoms with Crippen molar-refractivity contribution in [2.24, 2.45) is 0 Å². The van der Waals surface area contributed by atoms with E-state index in [0.29, 0.717) is 30.1 Å². The highest BCUT2D eigenvalue weighted by molar-refractivity contribution is 5.91. The highest BCUT2D eigenvalue weighted by atomic mass is 16.3. The predicted octanol–water partition coefficient (Wildman–Crippen LogP) is 3.58. The summed E-state index contributed by atoms with van der Waals surface area (Å²) in [6, 6.07) is 5.31. The van der Waals surface area contributed by atoms with Gasteiger partial charge in [0.1, 0.15) is 5.52 Å². The first-order chi connectivity index (χ1) is 10.9. The summed E-state index contributed by atoms with van der Waals surface area (Å²) < 4.78 is 5.67. The standard InChI is InChI=1S/C17H25N3O3/c1-11(2)16-19-14-10-13(6-7-15(14)23-16)18-17(22)20(12(3)4)8-5-9-21/h6-7,10-12,21H,5,8-9H2,1-4H3,(H,18,22). The largest absolute Gasteiger partial charge is 0.440 e. The molecule has 6 nitrogen and oxygen atoms in total. The fraction of sp³-hybridized carbons (Fsp3) is 0.529. The number of carbonyl (C=O) groups is 1. The topological polar surface area (TPSA) is 78.6 Å². The minimum atomic E-state index is -0.180. The number of oxazole rings is 1. The van der Waals surface area contributed by atoms with Crippen molar-refractivity contribution >= 4 is 22.8 Å². The summed E-state index contributed by atoms with van der Waals surface area (Å²) >= 11 is 0. The third-order valence-electron chi connectivity index (χ3n) is 3.59. The van der Waals surface area contributed by atoms with E-state index in [1.165, 1.54) is 0 Å². The maximum atomic E-state index is 12.4. The van der Waals surface area contributed by atoms with E-state index in [0.717, 1.165) is 5.52 Å². The van der Waals surface area contributed by atoms with Crippen molar-refractivity contribution in [3.05, 3.63) is 24.1 Å². The molecule has 2 aromatic rings. The molecule has 1 heterocycles. The number of hydrogen-bond acceptors (Lipinski definition) is 4. The van der Waals surface area contributed by atoms with Crippen LogP contribution >= 0.6 is 0 Å². The molecule has 2 rings (SSSR count). The van der Waals surface area contributed by atoms with Gasteiger partial charge in [-0.3, -0.25) is 0 Å². The van der Waals surface area contributed by atoms with E-state index >= 15 is 0 Å². The van der Waals surface area contributed by atoms with Crippen LogP contribution in [0.15, 0.2) is 22.6 Å². The average molecular weight is 319 g/mol. The van der Waals surface area contributed by atoms with Gasteiger partial charge in [0.25, 0.3) is 0 Å². The zero-order chi connectivity index (χ0) is 17.0. The maximum Gasteiger partial charge on any atom is 0.322 e. The summed E-state index contributed by atoms with van der Waals surface area (Å²) in [5.41, 5.74) is 2.13. The van der Waals surface area contributed by atoms with E-state index in [9.17, 15) is 4.79 Å².